The van der Waals surface area contributed by atoms with E-state index in [2.05, 4.69) is 5.16 Å². The summed E-state index contributed by atoms with van der Waals surface area (Å²) in [6, 6.07) is 11.2. The molecule has 0 saturated heterocycles. The van der Waals surface area contributed by atoms with Gasteiger partial charge in [0.05, 0.1) is 20.4 Å². The van der Waals surface area contributed by atoms with Gasteiger partial charge in [-0.05, 0) is 47.9 Å². The van der Waals surface area contributed by atoms with E-state index in [1.54, 1.807) is 32.6 Å². The van der Waals surface area contributed by atoms with E-state index in [9.17, 15) is 0 Å². The highest BCUT2D eigenvalue weighted by atomic mass is 35.5. The van der Waals surface area contributed by atoms with Crippen molar-refractivity contribution in [2.75, 3.05) is 14.2 Å². The van der Waals surface area contributed by atoms with Crippen LogP contribution in [-0.2, 0) is 11.4 Å². The van der Waals surface area contributed by atoms with Crippen LogP contribution in [0.2, 0.25) is 5.02 Å². The minimum Gasteiger partial charge on any atom is -0.493 e. The zero-order valence-electron chi connectivity index (χ0n) is 12.8. The number of aryl methyl sites for hydroxylation is 1. The normalized spacial score (nSPS) is 10.7. The van der Waals surface area contributed by atoms with Crippen LogP contribution in [0.3, 0.4) is 0 Å². The first-order chi connectivity index (χ1) is 10.6. The number of oxime groups is 1. The third kappa shape index (κ3) is 4.15. The molecule has 0 aliphatic carbocycles. The average Bonchev–Trinajstić information content (AvgIpc) is 2.54. The lowest BCUT2D eigenvalue weighted by Gasteiger charge is -2.11. The van der Waals surface area contributed by atoms with Crippen LogP contribution >= 0.6 is 11.6 Å². The first kappa shape index (κ1) is 16.2. The molecule has 5 heteroatoms. The van der Waals surface area contributed by atoms with Crippen molar-refractivity contribution in [1.82, 2.24) is 0 Å². The van der Waals surface area contributed by atoms with Gasteiger partial charge in [-0.2, -0.15) is 0 Å². The Labute approximate surface area is 135 Å². The third-order valence-corrected chi connectivity index (χ3v) is 3.46. The summed E-state index contributed by atoms with van der Waals surface area (Å²) >= 11 is 5.83. The summed E-state index contributed by atoms with van der Waals surface area (Å²) in [4.78, 5) is 5.35. The fourth-order valence-corrected chi connectivity index (χ4v) is 2.06. The topological polar surface area (TPSA) is 40.0 Å². The largest absolute Gasteiger partial charge is 0.493 e. The van der Waals surface area contributed by atoms with Crippen molar-refractivity contribution in [3.8, 4) is 11.5 Å². The van der Waals surface area contributed by atoms with Crippen molar-refractivity contribution < 1.29 is 14.3 Å². The number of nitrogens with zero attached hydrogens (tertiary/aromatic N) is 1. The Kier molecular flexibility index (Phi) is 5.67. The van der Waals surface area contributed by atoms with Crippen LogP contribution in [0, 0.1) is 6.92 Å². The molecule has 0 saturated carbocycles. The van der Waals surface area contributed by atoms with Gasteiger partial charge in [0.1, 0.15) is 6.61 Å². The zero-order chi connectivity index (χ0) is 15.9. The van der Waals surface area contributed by atoms with Gasteiger partial charge >= 0.3 is 0 Å². The molecule has 0 fully saturated rings. The smallest absolute Gasteiger partial charge is 0.161 e. The van der Waals surface area contributed by atoms with Crippen molar-refractivity contribution in [2.24, 2.45) is 5.16 Å². The Balaban J connectivity index is 2.00. The lowest BCUT2D eigenvalue weighted by atomic mass is 10.1. The second-order valence-electron chi connectivity index (χ2n) is 4.69. The van der Waals surface area contributed by atoms with Gasteiger partial charge in [-0.3, -0.25) is 0 Å². The van der Waals surface area contributed by atoms with E-state index in [0.717, 1.165) is 16.7 Å². The SMILES string of the molecule is COc1cc(C)c(CO/N=C\c2ccc(Cl)cc2)cc1OC. The summed E-state index contributed by atoms with van der Waals surface area (Å²) in [5.74, 6) is 1.38. The molecule has 0 heterocycles. The van der Waals surface area contributed by atoms with E-state index in [0.29, 0.717) is 23.1 Å². The molecule has 0 aromatic heterocycles. The number of halogens is 1. The number of rotatable bonds is 6. The Hall–Kier alpha value is -2.20. The van der Waals surface area contributed by atoms with E-state index in [-0.39, 0.29) is 0 Å². The fraction of sp³-hybridized carbons (Fsp3) is 0.235. The van der Waals surface area contributed by atoms with Crippen LogP contribution in [0.15, 0.2) is 41.6 Å². The third-order valence-electron chi connectivity index (χ3n) is 3.21. The summed E-state index contributed by atoms with van der Waals surface area (Å²) in [6.07, 6.45) is 1.65. The highest BCUT2D eigenvalue weighted by molar-refractivity contribution is 6.30. The Bertz CT molecular complexity index is 654. The molecule has 2 rings (SSSR count). The van der Waals surface area contributed by atoms with Gasteiger partial charge in [-0.1, -0.05) is 28.9 Å². The Morgan fingerprint density at radius 3 is 2.32 bits per heavy atom. The molecule has 0 aliphatic rings. The maximum absolute atomic E-state index is 5.83. The van der Waals surface area contributed by atoms with Crippen molar-refractivity contribution >= 4 is 17.8 Å². The minimum absolute atomic E-state index is 0.357. The quantitative estimate of drug-likeness (QED) is 0.591. The average molecular weight is 320 g/mol. The summed E-state index contributed by atoms with van der Waals surface area (Å²) in [7, 11) is 3.22. The number of methoxy groups -OCH3 is 2. The summed E-state index contributed by atoms with van der Waals surface area (Å²) < 4.78 is 10.5. The second kappa shape index (κ2) is 7.71. The molecule has 2 aromatic carbocycles. The van der Waals surface area contributed by atoms with Crippen LogP contribution < -0.4 is 9.47 Å². The molecule has 0 spiro atoms. The van der Waals surface area contributed by atoms with Crippen molar-refractivity contribution in [3.63, 3.8) is 0 Å². The first-order valence-corrected chi connectivity index (χ1v) is 7.14. The van der Waals surface area contributed by atoms with Gasteiger partial charge in [-0.15, -0.1) is 0 Å². The highest BCUT2D eigenvalue weighted by Gasteiger charge is 2.08. The monoisotopic (exact) mass is 319 g/mol. The number of benzene rings is 2. The van der Waals surface area contributed by atoms with Crippen molar-refractivity contribution in [1.29, 1.82) is 0 Å². The fourth-order valence-electron chi connectivity index (χ4n) is 1.93. The van der Waals surface area contributed by atoms with Gasteiger partial charge in [0, 0.05) is 5.02 Å². The molecular weight excluding hydrogens is 302 g/mol. The van der Waals surface area contributed by atoms with E-state index in [4.69, 9.17) is 25.9 Å². The molecule has 0 atom stereocenters. The number of hydrogen-bond acceptors (Lipinski definition) is 4. The number of hydrogen-bond donors (Lipinski definition) is 0. The first-order valence-electron chi connectivity index (χ1n) is 6.76. The molecule has 0 aliphatic heterocycles. The Morgan fingerprint density at radius 2 is 1.68 bits per heavy atom. The van der Waals surface area contributed by atoms with E-state index in [1.807, 2.05) is 31.2 Å². The maximum Gasteiger partial charge on any atom is 0.161 e. The molecule has 0 bridgehead atoms. The van der Waals surface area contributed by atoms with Crippen molar-refractivity contribution in [3.05, 3.63) is 58.1 Å². The lowest BCUT2D eigenvalue weighted by molar-refractivity contribution is 0.131. The van der Waals surface area contributed by atoms with Crippen molar-refractivity contribution in [2.45, 2.75) is 13.5 Å². The van der Waals surface area contributed by atoms with E-state index in [1.165, 1.54) is 0 Å². The Morgan fingerprint density at radius 1 is 1.05 bits per heavy atom. The van der Waals surface area contributed by atoms with Crippen LogP contribution in [-0.4, -0.2) is 20.4 Å². The molecule has 0 unspecified atom stereocenters. The predicted molar refractivity (Wildman–Crippen MR) is 88.1 cm³/mol. The summed E-state index contributed by atoms with van der Waals surface area (Å²) in [5.41, 5.74) is 2.97. The van der Waals surface area contributed by atoms with Gasteiger partial charge in [0.15, 0.2) is 11.5 Å². The number of ether oxygens (including phenoxy) is 2. The van der Waals surface area contributed by atoms with Crippen LogP contribution in [0.4, 0.5) is 0 Å². The lowest BCUT2D eigenvalue weighted by Crippen LogP contribution is -1.97. The standard InChI is InChI=1S/C17H18ClNO3/c1-12-8-16(20-2)17(21-3)9-14(12)11-22-19-10-13-4-6-15(18)7-5-13/h4-10H,11H2,1-3H3/b19-10-. The molecule has 116 valence electrons. The highest BCUT2D eigenvalue weighted by Crippen LogP contribution is 2.30. The second-order valence-corrected chi connectivity index (χ2v) is 5.13. The molecule has 0 amide bonds. The molecular formula is C17H18ClNO3. The van der Waals surface area contributed by atoms with Crippen LogP contribution in [0.1, 0.15) is 16.7 Å². The van der Waals surface area contributed by atoms with Gasteiger partial charge in [0.25, 0.3) is 0 Å². The van der Waals surface area contributed by atoms with Gasteiger partial charge in [0.2, 0.25) is 0 Å². The molecule has 4 nitrogen and oxygen atoms in total. The van der Waals surface area contributed by atoms with Crippen LogP contribution in [0.25, 0.3) is 0 Å². The van der Waals surface area contributed by atoms with Gasteiger partial charge in [-0.25, -0.2) is 0 Å². The van der Waals surface area contributed by atoms with E-state index < -0.39 is 0 Å². The maximum atomic E-state index is 5.83. The summed E-state index contributed by atoms with van der Waals surface area (Å²) in [6.45, 7) is 2.35. The molecule has 22 heavy (non-hydrogen) atoms. The summed E-state index contributed by atoms with van der Waals surface area (Å²) in [5, 5.41) is 4.66. The molecule has 2 aromatic rings. The minimum atomic E-state index is 0.357. The van der Waals surface area contributed by atoms with E-state index >= 15 is 0 Å². The van der Waals surface area contributed by atoms with Crippen LogP contribution in [0.5, 0.6) is 11.5 Å². The molecule has 0 radical (unpaired) electrons. The molecule has 0 N–H and O–H groups in total. The zero-order valence-corrected chi connectivity index (χ0v) is 13.6. The van der Waals surface area contributed by atoms with Gasteiger partial charge < -0.3 is 14.3 Å². The predicted octanol–water partition coefficient (Wildman–Crippen LogP) is 4.22.